The van der Waals surface area contributed by atoms with Gasteiger partial charge < -0.3 is 14.7 Å². The number of ether oxygens (including phenoxy) is 1. The lowest BCUT2D eigenvalue weighted by Crippen LogP contribution is -2.27. The Morgan fingerprint density at radius 1 is 0.889 bits per heavy atom. The fraction of sp³-hybridized carbons (Fsp3) is 0.783. The zero-order chi connectivity index (χ0) is 20.0. The van der Waals surface area contributed by atoms with Crippen LogP contribution in [0.15, 0.2) is 24.3 Å². The van der Waals surface area contributed by atoms with Gasteiger partial charge in [-0.15, -0.1) is 0 Å². The zero-order valence-corrected chi connectivity index (χ0v) is 17.8. The van der Waals surface area contributed by atoms with Crippen molar-refractivity contribution in [1.29, 1.82) is 0 Å². The summed E-state index contributed by atoms with van der Waals surface area (Å²) < 4.78 is 5.20. The number of allylic oxidation sites excluding steroid dienone is 4. The molecule has 0 saturated carbocycles. The Balaban J connectivity index is 3.32. The van der Waals surface area contributed by atoms with Gasteiger partial charge in [0.1, 0.15) is 6.61 Å². The number of likely N-dealkylation sites (N-methyl/N-ethyl adjacent to an activating group) is 1. The molecule has 0 unspecified atom stereocenters. The molecule has 0 aromatic rings. The van der Waals surface area contributed by atoms with Crippen LogP contribution in [0.2, 0.25) is 0 Å². The summed E-state index contributed by atoms with van der Waals surface area (Å²) >= 11 is 0. The van der Waals surface area contributed by atoms with Crippen LogP contribution in [0.25, 0.3) is 0 Å². The molecule has 0 rings (SSSR count). The second-order valence-corrected chi connectivity index (χ2v) is 7.23. The summed E-state index contributed by atoms with van der Waals surface area (Å²) in [4.78, 5) is 13.6. The standard InChI is InChI=1S/C23H43NO3/c1-3-4-5-6-7-8-9-10-11-12-13-14-15-16-17-18-23(26)27-22-20-24(2)19-21-25/h7-8,10-11,25H,3-6,9,12-22H2,1-2H3/b8-7-,11-10-. The summed E-state index contributed by atoms with van der Waals surface area (Å²) in [5.74, 6) is -0.0990. The maximum absolute atomic E-state index is 11.6. The minimum Gasteiger partial charge on any atom is -0.464 e. The highest BCUT2D eigenvalue weighted by Gasteiger charge is 2.03. The van der Waals surface area contributed by atoms with Crippen LogP contribution < -0.4 is 0 Å². The first kappa shape index (κ1) is 25.9. The van der Waals surface area contributed by atoms with E-state index in [1.165, 1.54) is 44.9 Å². The number of aliphatic hydroxyl groups excluding tert-OH is 1. The average molecular weight is 382 g/mol. The second kappa shape index (κ2) is 21.2. The molecule has 1 N–H and O–H groups in total. The van der Waals surface area contributed by atoms with Crippen molar-refractivity contribution in [3.63, 3.8) is 0 Å². The Morgan fingerprint density at radius 3 is 2.19 bits per heavy atom. The molecule has 0 atom stereocenters. The molecule has 0 fully saturated rings. The van der Waals surface area contributed by atoms with Gasteiger partial charge in [0.05, 0.1) is 6.61 Å². The highest BCUT2D eigenvalue weighted by Crippen LogP contribution is 2.08. The molecule has 0 aliphatic carbocycles. The van der Waals surface area contributed by atoms with Crippen LogP contribution in [0.3, 0.4) is 0 Å². The lowest BCUT2D eigenvalue weighted by molar-refractivity contribution is -0.144. The third-order valence-electron chi connectivity index (χ3n) is 4.55. The third-order valence-corrected chi connectivity index (χ3v) is 4.55. The van der Waals surface area contributed by atoms with E-state index in [1.54, 1.807) is 0 Å². The Bertz CT molecular complexity index is 380. The van der Waals surface area contributed by atoms with Crippen LogP contribution >= 0.6 is 0 Å². The molecule has 158 valence electrons. The van der Waals surface area contributed by atoms with Crippen molar-refractivity contribution >= 4 is 5.97 Å². The van der Waals surface area contributed by atoms with Crippen LogP contribution in [0.5, 0.6) is 0 Å². The Morgan fingerprint density at radius 2 is 1.52 bits per heavy atom. The first-order chi connectivity index (χ1) is 13.2. The quantitative estimate of drug-likeness (QED) is 0.188. The van der Waals surface area contributed by atoms with E-state index in [4.69, 9.17) is 9.84 Å². The number of carbonyl (C=O) groups is 1. The van der Waals surface area contributed by atoms with Gasteiger partial charge in [-0.2, -0.15) is 0 Å². The Kier molecular flexibility index (Phi) is 20.3. The topological polar surface area (TPSA) is 49.8 Å². The molecule has 4 nitrogen and oxygen atoms in total. The Labute approximate surface area is 167 Å². The molecular weight excluding hydrogens is 338 g/mol. The van der Waals surface area contributed by atoms with Crippen LogP contribution in [0, 0.1) is 0 Å². The molecule has 0 aromatic carbocycles. The average Bonchev–Trinajstić information content (AvgIpc) is 2.65. The smallest absolute Gasteiger partial charge is 0.305 e. The van der Waals surface area contributed by atoms with E-state index in [9.17, 15) is 4.79 Å². The number of nitrogens with zero attached hydrogens (tertiary/aromatic N) is 1. The Hall–Kier alpha value is -1.13. The van der Waals surface area contributed by atoms with Crippen molar-refractivity contribution in [2.75, 3.05) is 33.4 Å². The molecule has 4 heteroatoms. The third kappa shape index (κ3) is 21.0. The van der Waals surface area contributed by atoms with E-state index in [0.717, 1.165) is 25.7 Å². The molecule has 0 aromatic heterocycles. The van der Waals surface area contributed by atoms with Crippen molar-refractivity contribution in [1.82, 2.24) is 4.90 Å². The molecule has 0 aliphatic heterocycles. The highest BCUT2D eigenvalue weighted by molar-refractivity contribution is 5.69. The molecule has 27 heavy (non-hydrogen) atoms. The minimum absolute atomic E-state index is 0.0990. The summed E-state index contributed by atoms with van der Waals surface area (Å²) in [6.07, 6.45) is 22.7. The number of esters is 1. The number of rotatable bonds is 19. The first-order valence-electron chi connectivity index (χ1n) is 11.0. The summed E-state index contributed by atoms with van der Waals surface area (Å²) in [6.45, 7) is 4.08. The number of carbonyl (C=O) groups excluding carboxylic acids is 1. The summed E-state index contributed by atoms with van der Waals surface area (Å²) in [5.41, 5.74) is 0. The molecule has 0 bridgehead atoms. The van der Waals surface area contributed by atoms with E-state index in [1.807, 2.05) is 11.9 Å². The van der Waals surface area contributed by atoms with Crippen LogP contribution in [-0.2, 0) is 9.53 Å². The van der Waals surface area contributed by atoms with E-state index < -0.39 is 0 Å². The zero-order valence-electron chi connectivity index (χ0n) is 17.8. The number of unbranched alkanes of at least 4 members (excludes halogenated alkanes) is 8. The summed E-state index contributed by atoms with van der Waals surface area (Å²) in [6, 6.07) is 0. The molecule has 0 radical (unpaired) electrons. The van der Waals surface area contributed by atoms with Crippen LogP contribution in [0.4, 0.5) is 0 Å². The predicted molar refractivity (Wildman–Crippen MR) is 115 cm³/mol. The first-order valence-corrected chi connectivity index (χ1v) is 11.0. The van der Waals surface area contributed by atoms with Gasteiger partial charge in [0.2, 0.25) is 0 Å². The van der Waals surface area contributed by atoms with Crippen LogP contribution in [0.1, 0.15) is 84.0 Å². The SMILES string of the molecule is CCCCC/C=C\C/C=C\CCCCCCCC(=O)OCCN(C)CCO. The monoisotopic (exact) mass is 381 g/mol. The number of aliphatic hydroxyl groups is 1. The molecule has 0 aliphatic rings. The van der Waals surface area contributed by atoms with Gasteiger partial charge >= 0.3 is 5.97 Å². The van der Waals surface area contributed by atoms with Gasteiger partial charge in [-0.1, -0.05) is 63.3 Å². The highest BCUT2D eigenvalue weighted by atomic mass is 16.5. The number of hydrogen-bond donors (Lipinski definition) is 1. The van der Waals surface area contributed by atoms with Crippen molar-refractivity contribution in [3.05, 3.63) is 24.3 Å². The molecule has 0 heterocycles. The van der Waals surface area contributed by atoms with Crippen molar-refractivity contribution in [2.24, 2.45) is 0 Å². The van der Waals surface area contributed by atoms with Crippen molar-refractivity contribution in [3.8, 4) is 0 Å². The van der Waals surface area contributed by atoms with E-state index in [-0.39, 0.29) is 12.6 Å². The van der Waals surface area contributed by atoms with E-state index in [0.29, 0.717) is 26.1 Å². The van der Waals surface area contributed by atoms with Gasteiger partial charge in [-0.05, 0) is 45.6 Å². The lowest BCUT2D eigenvalue weighted by atomic mass is 10.1. The van der Waals surface area contributed by atoms with Gasteiger partial charge in [0, 0.05) is 19.5 Å². The fourth-order valence-electron chi connectivity index (χ4n) is 2.75. The van der Waals surface area contributed by atoms with Crippen LogP contribution in [-0.4, -0.2) is 49.3 Å². The molecular formula is C23H43NO3. The predicted octanol–water partition coefficient (Wildman–Crippen LogP) is 5.27. The maximum Gasteiger partial charge on any atom is 0.305 e. The lowest BCUT2D eigenvalue weighted by Gasteiger charge is -2.14. The summed E-state index contributed by atoms with van der Waals surface area (Å²) in [5, 5.41) is 8.79. The molecule has 0 saturated heterocycles. The van der Waals surface area contributed by atoms with E-state index >= 15 is 0 Å². The van der Waals surface area contributed by atoms with E-state index in [2.05, 4.69) is 31.2 Å². The molecule has 0 amide bonds. The van der Waals surface area contributed by atoms with Crippen molar-refractivity contribution < 1.29 is 14.6 Å². The minimum atomic E-state index is -0.0990. The van der Waals surface area contributed by atoms with Crippen molar-refractivity contribution in [2.45, 2.75) is 84.0 Å². The maximum atomic E-state index is 11.6. The van der Waals surface area contributed by atoms with Gasteiger partial charge in [0.25, 0.3) is 0 Å². The number of hydrogen-bond acceptors (Lipinski definition) is 4. The normalized spacial score (nSPS) is 11.9. The van der Waals surface area contributed by atoms with Gasteiger partial charge in [-0.3, -0.25) is 4.79 Å². The largest absolute Gasteiger partial charge is 0.464 e. The van der Waals surface area contributed by atoms with Gasteiger partial charge in [0.15, 0.2) is 0 Å². The van der Waals surface area contributed by atoms with Gasteiger partial charge in [-0.25, -0.2) is 0 Å². The fourth-order valence-corrected chi connectivity index (χ4v) is 2.75. The molecule has 0 spiro atoms. The second-order valence-electron chi connectivity index (χ2n) is 7.23. The summed E-state index contributed by atoms with van der Waals surface area (Å²) in [7, 11) is 1.91.